The van der Waals surface area contributed by atoms with E-state index in [0.29, 0.717) is 0 Å². The van der Waals surface area contributed by atoms with Crippen LogP contribution in [0.5, 0.6) is 0 Å². The number of nitrogens with one attached hydrogen (secondary N) is 2. The number of hydrogen-bond donors (Lipinski definition) is 2. The van der Waals surface area contributed by atoms with E-state index >= 15 is 0 Å². The molecule has 0 amide bonds. The molecule has 1 aromatic heterocycles. The summed E-state index contributed by atoms with van der Waals surface area (Å²) in [4.78, 5) is 0. The topological polar surface area (TPSA) is 66.5 Å². The van der Waals surface area contributed by atoms with Gasteiger partial charge in [-0.3, -0.25) is 0 Å². The van der Waals surface area contributed by atoms with Gasteiger partial charge in [-0.2, -0.15) is 0 Å². The van der Waals surface area contributed by atoms with Crippen LogP contribution in [-0.4, -0.2) is 27.2 Å². The molecule has 0 saturated heterocycles. The third-order valence-electron chi connectivity index (χ3n) is 2.84. The minimum Gasteiger partial charge on any atom is -0.310 e. The summed E-state index contributed by atoms with van der Waals surface area (Å²) in [6.07, 6.45) is 6.97. The number of nitrogens with zero attached hydrogens (tertiary/aromatic N) is 3. The van der Waals surface area contributed by atoms with Crippen LogP contribution in [-0.2, 0) is 6.54 Å². The van der Waals surface area contributed by atoms with Crippen molar-refractivity contribution in [2.24, 2.45) is 5.92 Å². The minimum atomic E-state index is 0.753. The SMILES string of the molecule is C1CCC(CNCc2nnn[nH]2)CC1. The Kier molecular flexibility index (Phi) is 3.45. The van der Waals surface area contributed by atoms with Crippen LogP contribution in [0.4, 0.5) is 0 Å². The summed E-state index contributed by atoms with van der Waals surface area (Å²) in [5, 5.41) is 17.0. The first-order valence-corrected chi connectivity index (χ1v) is 5.38. The third kappa shape index (κ3) is 2.77. The predicted octanol–water partition coefficient (Wildman–Crippen LogP) is 0.870. The molecule has 2 rings (SSSR count). The Labute approximate surface area is 83.7 Å². The highest BCUT2D eigenvalue weighted by Crippen LogP contribution is 2.22. The van der Waals surface area contributed by atoms with Crippen LogP contribution in [0.2, 0.25) is 0 Å². The van der Waals surface area contributed by atoms with Gasteiger partial charge in [0.2, 0.25) is 0 Å². The molecule has 5 heteroatoms. The summed E-state index contributed by atoms with van der Waals surface area (Å²) in [5.74, 6) is 1.68. The molecule has 0 unspecified atom stereocenters. The number of tetrazole rings is 1. The quantitative estimate of drug-likeness (QED) is 0.748. The third-order valence-corrected chi connectivity index (χ3v) is 2.84. The van der Waals surface area contributed by atoms with Crippen LogP contribution in [0.15, 0.2) is 0 Å². The van der Waals surface area contributed by atoms with Gasteiger partial charge >= 0.3 is 0 Å². The lowest BCUT2D eigenvalue weighted by atomic mass is 9.89. The first kappa shape index (κ1) is 9.58. The van der Waals surface area contributed by atoms with Crippen molar-refractivity contribution in [3.8, 4) is 0 Å². The van der Waals surface area contributed by atoms with E-state index in [-0.39, 0.29) is 0 Å². The van der Waals surface area contributed by atoms with Gasteiger partial charge in [-0.15, -0.1) is 5.10 Å². The second kappa shape index (κ2) is 5.05. The van der Waals surface area contributed by atoms with Gasteiger partial charge in [-0.05, 0) is 35.7 Å². The minimum absolute atomic E-state index is 0.753. The predicted molar refractivity (Wildman–Crippen MR) is 52.5 cm³/mol. The zero-order valence-electron chi connectivity index (χ0n) is 8.37. The molecule has 0 aromatic carbocycles. The lowest BCUT2D eigenvalue weighted by Gasteiger charge is -2.21. The maximum atomic E-state index is 3.82. The number of aromatic nitrogens is 4. The van der Waals surface area contributed by atoms with E-state index in [4.69, 9.17) is 0 Å². The molecule has 0 bridgehead atoms. The molecular weight excluding hydrogens is 178 g/mol. The highest BCUT2D eigenvalue weighted by Gasteiger charge is 2.12. The summed E-state index contributed by atoms with van der Waals surface area (Å²) in [5.41, 5.74) is 0. The molecule has 1 aliphatic rings. The maximum absolute atomic E-state index is 3.82. The molecule has 1 heterocycles. The average Bonchev–Trinajstić information content (AvgIpc) is 2.72. The normalized spacial score (nSPS) is 18.6. The lowest BCUT2D eigenvalue weighted by molar-refractivity contribution is 0.341. The number of hydrogen-bond acceptors (Lipinski definition) is 4. The van der Waals surface area contributed by atoms with Crippen molar-refractivity contribution in [2.45, 2.75) is 38.6 Å². The first-order valence-electron chi connectivity index (χ1n) is 5.38. The Bertz CT molecular complexity index is 240. The zero-order chi connectivity index (χ0) is 9.64. The van der Waals surface area contributed by atoms with Gasteiger partial charge in [0.15, 0.2) is 5.82 Å². The Balaban J connectivity index is 1.62. The lowest BCUT2D eigenvalue weighted by Crippen LogP contribution is -2.24. The Hall–Kier alpha value is -0.970. The molecule has 1 aromatic rings. The van der Waals surface area contributed by atoms with Gasteiger partial charge < -0.3 is 5.32 Å². The molecule has 0 atom stereocenters. The number of rotatable bonds is 4. The van der Waals surface area contributed by atoms with Crippen molar-refractivity contribution in [3.63, 3.8) is 0 Å². The molecule has 0 spiro atoms. The molecule has 1 saturated carbocycles. The fourth-order valence-corrected chi connectivity index (χ4v) is 2.04. The monoisotopic (exact) mass is 195 g/mol. The number of H-pyrrole nitrogens is 1. The van der Waals surface area contributed by atoms with Crippen molar-refractivity contribution in [3.05, 3.63) is 5.82 Å². The molecule has 5 nitrogen and oxygen atoms in total. The van der Waals surface area contributed by atoms with Gasteiger partial charge in [-0.1, -0.05) is 19.3 Å². The molecule has 78 valence electrons. The van der Waals surface area contributed by atoms with Crippen LogP contribution < -0.4 is 5.32 Å². The molecule has 0 radical (unpaired) electrons. The van der Waals surface area contributed by atoms with Gasteiger partial charge in [-0.25, -0.2) is 5.10 Å². The van der Waals surface area contributed by atoms with E-state index in [0.717, 1.165) is 24.8 Å². The van der Waals surface area contributed by atoms with Gasteiger partial charge in [0.25, 0.3) is 0 Å². The highest BCUT2D eigenvalue weighted by atomic mass is 15.5. The van der Waals surface area contributed by atoms with Crippen LogP contribution in [0.3, 0.4) is 0 Å². The summed E-state index contributed by atoms with van der Waals surface area (Å²) >= 11 is 0. The van der Waals surface area contributed by atoms with E-state index in [1.807, 2.05) is 0 Å². The van der Waals surface area contributed by atoms with E-state index in [2.05, 4.69) is 25.9 Å². The summed E-state index contributed by atoms with van der Waals surface area (Å²) < 4.78 is 0. The second-order valence-electron chi connectivity index (χ2n) is 3.98. The highest BCUT2D eigenvalue weighted by molar-refractivity contribution is 4.75. The maximum Gasteiger partial charge on any atom is 0.162 e. The Morgan fingerprint density at radius 2 is 2.14 bits per heavy atom. The largest absolute Gasteiger partial charge is 0.310 e. The molecule has 1 fully saturated rings. The van der Waals surface area contributed by atoms with Crippen LogP contribution in [0.25, 0.3) is 0 Å². The Morgan fingerprint density at radius 3 is 2.86 bits per heavy atom. The van der Waals surface area contributed by atoms with E-state index in [1.165, 1.54) is 32.1 Å². The van der Waals surface area contributed by atoms with Crippen LogP contribution in [0.1, 0.15) is 37.9 Å². The van der Waals surface area contributed by atoms with Crippen molar-refractivity contribution in [2.75, 3.05) is 6.54 Å². The standard InChI is InChI=1S/C9H17N5/c1-2-4-8(5-3-1)6-10-7-9-11-13-14-12-9/h8,10H,1-7H2,(H,11,12,13,14). The summed E-state index contributed by atoms with van der Waals surface area (Å²) in [6.45, 7) is 1.85. The zero-order valence-corrected chi connectivity index (χ0v) is 8.37. The van der Waals surface area contributed by atoms with E-state index in [1.54, 1.807) is 0 Å². The van der Waals surface area contributed by atoms with Crippen LogP contribution in [0, 0.1) is 5.92 Å². The summed E-state index contributed by atoms with van der Waals surface area (Å²) in [7, 11) is 0. The van der Waals surface area contributed by atoms with Gasteiger partial charge in [0.05, 0.1) is 6.54 Å². The van der Waals surface area contributed by atoms with E-state index in [9.17, 15) is 0 Å². The van der Waals surface area contributed by atoms with Gasteiger partial charge in [0, 0.05) is 0 Å². The second-order valence-corrected chi connectivity index (χ2v) is 3.98. The smallest absolute Gasteiger partial charge is 0.162 e. The van der Waals surface area contributed by atoms with Crippen molar-refractivity contribution in [1.82, 2.24) is 25.9 Å². The average molecular weight is 195 g/mol. The fraction of sp³-hybridized carbons (Fsp3) is 0.889. The van der Waals surface area contributed by atoms with Gasteiger partial charge in [0.1, 0.15) is 0 Å². The van der Waals surface area contributed by atoms with Crippen molar-refractivity contribution in [1.29, 1.82) is 0 Å². The molecule has 1 aliphatic carbocycles. The molecular formula is C9H17N5. The molecule has 0 aliphatic heterocycles. The summed E-state index contributed by atoms with van der Waals surface area (Å²) in [6, 6.07) is 0. The van der Waals surface area contributed by atoms with E-state index < -0.39 is 0 Å². The van der Waals surface area contributed by atoms with Crippen molar-refractivity contribution >= 4 is 0 Å². The van der Waals surface area contributed by atoms with Crippen LogP contribution >= 0.6 is 0 Å². The molecule has 14 heavy (non-hydrogen) atoms. The first-order chi connectivity index (χ1) is 6.95. The molecule has 2 N–H and O–H groups in total. The Morgan fingerprint density at radius 1 is 1.29 bits per heavy atom. The van der Waals surface area contributed by atoms with Crippen molar-refractivity contribution < 1.29 is 0 Å². The fourth-order valence-electron chi connectivity index (χ4n) is 2.04. The number of aromatic amines is 1.